The molecule has 148 valence electrons. The monoisotopic (exact) mass is 401 g/mol. The van der Waals surface area contributed by atoms with Gasteiger partial charge >= 0.3 is 5.97 Å². The molecule has 0 amide bonds. The van der Waals surface area contributed by atoms with Gasteiger partial charge in [0.1, 0.15) is 5.75 Å². The van der Waals surface area contributed by atoms with Gasteiger partial charge in [0.05, 0.1) is 10.5 Å². The number of piperidine rings is 1. The Bertz CT molecular complexity index is 990. The van der Waals surface area contributed by atoms with E-state index in [1.807, 2.05) is 0 Å². The van der Waals surface area contributed by atoms with E-state index in [4.69, 9.17) is 4.74 Å². The van der Waals surface area contributed by atoms with Gasteiger partial charge < -0.3 is 4.74 Å². The Hall–Kier alpha value is -2.51. The first kappa shape index (κ1) is 20.2. The molecule has 0 radical (unpaired) electrons. The Labute approximate surface area is 165 Å². The van der Waals surface area contributed by atoms with Crippen molar-refractivity contribution in [2.45, 2.75) is 38.0 Å². The number of esters is 1. The average Bonchev–Trinajstić information content (AvgIpc) is 2.69. The third kappa shape index (κ3) is 4.31. The van der Waals surface area contributed by atoms with Crippen LogP contribution in [-0.2, 0) is 10.0 Å². The molecule has 0 saturated carbocycles. The third-order valence-electron chi connectivity index (χ3n) is 4.83. The van der Waals surface area contributed by atoms with Crippen LogP contribution < -0.4 is 4.74 Å². The molecule has 2 aromatic carbocycles. The zero-order valence-electron chi connectivity index (χ0n) is 16.0. The first-order chi connectivity index (χ1) is 13.3. The van der Waals surface area contributed by atoms with Crippen LogP contribution in [0, 0.1) is 6.92 Å². The molecule has 7 heteroatoms. The predicted octanol–water partition coefficient (Wildman–Crippen LogP) is 3.59. The van der Waals surface area contributed by atoms with Crippen molar-refractivity contribution >= 4 is 21.8 Å². The summed E-state index contributed by atoms with van der Waals surface area (Å²) in [4.78, 5) is 24.0. The zero-order valence-corrected chi connectivity index (χ0v) is 16.8. The summed E-state index contributed by atoms with van der Waals surface area (Å²) in [5, 5.41) is 0. The number of nitrogens with zero attached hydrogens (tertiary/aromatic N) is 1. The summed E-state index contributed by atoms with van der Waals surface area (Å²) in [6.45, 7) is 4.17. The van der Waals surface area contributed by atoms with Crippen molar-refractivity contribution in [3.63, 3.8) is 0 Å². The molecule has 0 aliphatic carbocycles. The topological polar surface area (TPSA) is 80.8 Å². The summed E-state index contributed by atoms with van der Waals surface area (Å²) in [6.07, 6.45) is 2.71. The van der Waals surface area contributed by atoms with Gasteiger partial charge in [-0.2, -0.15) is 4.31 Å². The van der Waals surface area contributed by atoms with E-state index in [0.717, 1.165) is 19.3 Å². The molecule has 2 aromatic rings. The number of hydrogen-bond acceptors (Lipinski definition) is 5. The molecule has 3 rings (SSSR count). The van der Waals surface area contributed by atoms with Crippen molar-refractivity contribution in [3.8, 4) is 5.75 Å². The maximum Gasteiger partial charge on any atom is 0.343 e. The van der Waals surface area contributed by atoms with Gasteiger partial charge in [0.2, 0.25) is 10.0 Å². The first-order valence-electron chi connectivity index (χ1n) is 9.23. The Morgan fingerprint density at radius 2 is 1.54 bits per heavy atom. The number of aryl methyl sites for hydroxylation is 1. The smallest absolute Gasteiger partial charge is 0.343 e. The van der Waals surface area contributed by atoms with Gasteiger partial charge in [-0.05, 0) is 68.7 Å². The Morgan fingerprint density at radius 3 is 2.14 bits per heavy atom. The minimum absolute atomic E-state index is 0.0797. The van der Waals surface area contributed by atoms with Crippen LogP contribution in [-0.4, -0.2) is 37.6 Å². The van der Waals surface area contributed by atoms with Crippen LogP contribution in [0.2, 0.25) is 0 Å². The van der Waals surface area contributed by atoms with Crippen LogP contribution in [0.1, 0.15) is 52.5 Å². The van der Waals surface area contributed by atoms with E-state index in [2.05, 4.69) is 0 Å². The van der Waals surface area contributed by atoms with Gasteiger partial charge in [0.25, 0.3) is 0 Å². The van der Waals surface area contributed by atoms with Crippen LogP contribution in [0.15, 0.2) is 47.4 Å². The number of ether oxygens (including phenoxy) is 1. The number of carbonyl (C=O) groups is 2. The molecule has 1 aliphatic rings. The molecule has 1 fully saturated rings. The molecule has 0 aromatic heterocycles. The molecule has 0 bridgehead atoms. The lowest BCUT2D eigenvalue weighted by molar-refractivity contribution is 0.0734. The van der Waals surface area contributed by atoms with E-state index in [1.165, 1.54) is 29.4 Å². The standard InChI is InChI=1S/C21H23NO5S/c1-15-6-7-18(14-20(15)28(25,26)22-12-4-3-5-13-22)21(24)27-19-10-8-17(9-11-19)16(2)23/h6-11,14H,3-5,12-13H2,1-2H3. The van der Waals surface area contributed by atoms with Crippen LogP contribution in [0.5, 0.6) is 5.75 Å². The van der Waals surface area contributed by atoms with Crippen LogP contribution in [0.4, 0.5) is 0 Å². The number of hydrogen-bond donors (Lipinski definition) is 0. The van der Waals surface area contributed by atoms with Crippen molar-refractivity contribution in [1.82, 2.24) is 4.31 Å². The highest BCUT2D eigenvalue weighted by atomic mass is 32.2. The molecular formula is C21H23NO5S. The van der Waals surface area contributed by atoms with Crippen molar-refractivity contribution in [2.75, 3.05) is 13.1 Å². The average molecular weight is 401 g/mol. The Balaban J connectivity index is 1.83. The minimum atomic E-state index is -3.65. The van der Waals surface area contributed by atoms with Gasteiger partial charge in [-0.25, -0.2) is 13.2 Å². The fourth-order valence-corrected chi connectivity index (χ4v) is 4.94. The van der Waals surface area contributed by atoms with Crippen molar-refractivity contribution in [3.05, 3.63) is 59.2 Å². The summed E-state index contributed by atoms with van der Waals surface area (Å²) in [5.74, 6) is -0.439. The Morgan fingerprint density at radius 1 is 0.929 bits per heavy atom. The van der Waals surface area contributed by atoms with E-state index in [1.54, 1.807) is 31.2 Å². The second-order valence-corrected chi connectivity index (χ2v) is 8.82. The molecule has 1 heterocycles. The van der Waals surface area contributed by atoms with Crippen molar-refractivity contribution < 1.29 is 22.7 Å². The summed E-state index contributed by atoms with van der Waals surface area (Å²) >= 11 is 0. The number of rotatable bonds is 5. The minimum Gasteiger partial charge on any atom is -0.423 e. The molecule has 0 atom stereocenters. The van der Waals surface area contributed by atoms with Gasteiger partial charge in [-0.1, -0.05) is 12.5 Å². The number of sulfonamides is 1. The lowest BCUT2D eigenvalue weighted by atomic mass is 10.1. The summed E-state index contributed by atoms with van der Waals surface area (Å²) < 4.78 is 32.8. The molecule has 1 saturated heterocycles. The van der Waals surface area contributed by atoms with Gasteiger partial charge in [0, 0.05) is 18.7 Å². The first-order valence-corrected chi connectivity index (χ1v) is 10.7. The van der Waals surface area contributed by atoms with Crippen LogP contribution in [0.25, 0.3) is 0 Å². The maximum atomic E-state index is 13.0. The van der Waals surface area contributed by atoms with Crippen LogP contribution in [0.3, 0.4) is 0 Å². The van der Waals surface area contributed by atoms with E-state index >= 15 is 0 Å². The highest BCUT2D eigenvalue weighted by molar-refractivity contribution is 7.89. The fraction of sp³-hybridized carbons (Fsp3) is 0.333. The number of ketones is 1. The fourth-order valence-electron chi connectivity index (χ4n) is 3.17. The van der Waals surface area contributed by atoms with Gasteiger partial charge in [0.15, 0.2) is 5.78 Å². The van der Waals surface area contributed by atoms with Crippen molar-refractivity contribution in [1.29, 1.82) is 0 Å². The molecule has 0 spiro atoms. The largest absolute Gasteiger partial charge is 0.423 e. The SMILES string of the molecule is CC(=O)c1ccc(OC(=O)c2ccc(C)c(S(=O)(=O)N3CCCCC3)c2)cc1. The molecular weight excluding hydrogens is 378 g/mol. The lowest BCUT2D eigenvalue weighted by Crippen LogP contribution is -2.36. The summed E-state index contributed by atoms with van der Waals surface area (Å²) in [5.41, 5.74) is 1.27. The van der Waals surface area contributed by atoms with Gasteiger partial charge in [-0.15, -0.1) is 0 Å². The summed E-state index contributed by atoms with van der Waals surface area (Å²) in [7, 11) is -3.65. The van der Waals surface area contributed by atoms with Crippen LogP contribution >= 0.6 is 0 Å². The van der Waals surface area contributed by atoms with Gasteiger partial charge in [-0.3, -0.25) is 4.79 Å². The highest BCUT2D eigenvalue weighted by Gasteiger charge is 2.28. The Kier molecular flexibility index (Phi) is 5.96. The third-order valence-corrected chi connectivity index (χ3v) is 6.87. The zero-order chi connectivity index (χ0) is 20.3. The quantitative estimate of drug-likeness (QED) is 0.434. The summed E-state index contributed by atoms with van der Waals surface area (Å²) in [6, 6.07) is 10.8. The van der Waals surface area contributed by atoms with E-state index in [9.17, 15) is 18.0 Å². The molecule has 1 aliphatic heterocycles. The normalized spacial score (nSPS) is 15.2. The second-order valence-electron chi connectivity index (χ2n) is 6.92. The van der Waals surface area contributed by atoms with E-state index in [-0.39, 0.29) is 22.0 Å². The maximum absolute atomic E-state index is 13.0. The van der Waals surface area contributed by atoms with Crippen molar-refractivity contribution in [2.24, 2.45) is 0 Å². The number of benzene rings is 2. The lowest BCUT2D eigenvalue weighted by Gasteiger charge is -2.26. The molecule has 0 unspecified atom stereocenters. The predicted molar refractivity (Wildman–Crippen MR) is 105 cm³/mol. The molecule has 28 heavy (non-hydrogen) atoms. The molecule has 0 N–H and O–H groups in total. The highest BCUT2D eigenvalue weighted by Crippen LogP contribution is 2.25. The molecule has 6 nitrogen and oxygen atoms in total. The second kappa shape index (κ2) is 8.24. The number of Topliss-reactive ketones (excluding diaryl/α,β-unsaturated/α-hetero) is 1. The van der Waals surface area contributed by atoms with E-state index in [0.29, 0.717) is 24.2 Å². The number of carbonyl (C=O) groups excluding carboxylic acids is 2. The van der Waals surface area contributed by atoms with E-state index < -0.39 is 16.0 Å².